The summed E-state index contributed by atoms with van der Waals surface area (Å²) in [5, 5.41) is 3.09. The Morgan fingerprint density at radius 3 is 2.50 bits per heavy atom. The van der Waals surface area contributed by atoms with Gasteiger partial charge in [-0.2, -0.15) is 0 Å². The van der Waals surface area contributed by atoms with Gasteiger partial charge >= 0.3 is 0 Å². The molecule has 2 aliphatic rings. The van der Waals surface area contributed by atoms with Crippen molar-refractivity contribution in [1.82, 2.24) is 10.2 Å². The molecule has 0 saturated carbocycles. The predicted molar refractivity (Wildman–Crippen MR) is 82.4 cm³/mol. The molecular weight excluding hydrogens is 280 g/mol. The third-order valence-electron chi connectivity index (χ3n) is 4.59. The molecule has 1 N–H and O–H groups in total. The van der Waals surface area contributed by atoms with Gasteiger partial charge in [-0.25, -0.2) is 0 Å². The lowest BCUT2D eigenvalue weighted by Crippen LogP contribution is -2.60. The summed E-state index contributed by atoms with van der Waals surface area (Å²) in [6.45, 7) is 4.55. The molecule has 5 heteroatoms. The Balaban J connectivity index is 1.64. The normalized spacial score (nSPS) is 24.9. The second-order valence-electron chi connectivity index (χ2n) is 6.37. The summed E-state index contributed by atoms with van der Waals surface area (Å²) >= 11 is 0. The molecule has 0 aromatic heterocycles. The van der Waals surface area contributed by atoms with Gasteiger partial charge in [-0.05, 0) is 30.9 Å². The van der Waals surface area contributed by atoms with E-state index >= 15 is 0 Å². The van der Waals surface area contributed by atoms with E-state index in [4.69, 9.17) is 4.74 Å². The summed E-state index contributed by atoms with van der Waals surface area (Å²) in [6.07, 6.45) is 1.71. The van der Waals surface area contributed by atoms with E-state index < -0.39 is 5.60 Å². The highest BCUT2D eigenvalue weighted by Gasteiger charge is 2.41. The lowest BCUT2D eigenvalue weighted by Gasteiger charge is -2.39. The van der Waals surface area contributed by atoms with Crippen LogP contribution in [0.5, 0.6) is 0 Å². The average molecular weight is 302 g/mol. The summed E-state index contributed by atoms with van der Waals surface area (Å²) in [6, 6.07) is 8.38. The maximum atomic E-state index is 12.6. The van der Waals surface area contributed by atoms with Crippen molar-refractivity contribution in [3.05, 3.63) is 35.4 Å². The second kappa shape index (κ2) is 5.72. The van der Waals surface area contributed by atoms with E-state index in [0.29, 0.717) is 19.7 Å². The molecule has 1 aromatic rings. The fraction of sp³-hybridized carbons (Fsp3) is 0.529. The molecule has 1 saturated heterocycles. The molecule has 0 radical (unpaired) electrons. The van der Waals surface area contributed by atoms with Crippen molar-refractivity contribution in [2.45, 2.75) is 38.3 Å². The van der Waals surface area contributed by atoms with Gasteiger partial charge in [0.05, 0.1) is 13.2 Å². The number of carbonyl (C=O) groups excluding carboxylic acids is 2. The van der Waals surface area contributed by atoms with Gasteiger partial charge in [0.2, 0.25) is 5.91 Å². The molecule has 1 heterocycles. The standard InChI is InChI=1S/C17H22N2O3/c1-12(20)19-7-8-22-17(2,11-19)16(21)18-15-9-13-5-3-4-6-14(13)10-15/h3-6,15H,7-11H2,1-2H3,(H,18,21)/t17-/m0/s1. The minimum atomic E-state index is -0.960. The molecule has 0 spiro atoms. The Bertz CT molecular complexity index is 576. The molecule has 1 aromatic carbocycles. The topological polar surface area (TPSA) is 58.6 Å². The monoisotopic (exact) mass is 302 g/mol. The molecular formula is C17H22N2O3. The number of nitrogens with zero attached hydrogens (tertiary/aromatic N) is 1. The van der Waals surface area contributed by atoms with Crippen LogP contribution in [-0.4, -0.2) is 48.1 Å². The minimum Gasteiger partial charge on any atom is -0.362 e. The first kappa shape index (κ1) is 15.0. The van der Waals surface area contributed by atoms with Crippen LogP contribution in [0.2, 0.25) is 0 Å². The van der Waals surface area contributed by atoms with Gasteiger partial charge in [0, 0.05) is 19.5 Å². The van der Waals surface area contributed by atoms with E-state index in [-0.39, 0.29) is 17.9 Å². The van der Waals surface area contributed by atoms with E-state index in [1.54, 1.807) is 11.8 Å². The molecule has 1 aliphatic carbocycles. The van der Waals surface area contributed by atoms with Crippen LogP contribution in [0.4, 0.5) is 0 Å². The van der Waals surface area contributed by atoms with Crippen LogP contribution in [0, 0.1) is 0 Å². The van der Waals surface area contributed by atoms with E-state index in [2.05, 4.69) is 17.4 Å². The highest BCUT2D eigenvalue weighted by atomic mass is 16.5. The van der Waals surface area contributed by atoms with Crippen molar-refractivity contribution >= 4 is 11.8 Å². The Hall–Kier alpha value is -1.88. The van der Waals surface area contributed by atoms with Crippen LogP contribution in [0.1, 0.15) is 25.0 Å². The van der Waals surface area contributed by atoms with Crippen LogP contribution < -0.4 is 5.32 Å². The first-order valence-electron chi connectivity index (χ1n) is 7.75. The number of morpholine rings is 1. The van der Waals surface area contributed by atoms with Gasteiger partial charge in [-0.3, -0.25) is 9.59 Å². The molecule has 2 amide bonds. The van der Waals surface area contributed by atoms with Gasteiger partial charge in [0.1, 0.15) is 0 Å². The van der Waals surface area contributed by atoms with Crippen LogP contribution in [0.3, 0.4) is 0 Å². The first-order chi connectivity index (χ1) is 10.5. The zero-order valence-corrected chi connectivity index (χ0v) is 13.1. The van der Waals surface area contributed by atoms with Crippen molar-refractivity contribution in [1.29, 1.82) is 0 Å². The lowest BCUT2D eigenvalue weighted by atomic mass is 10.0. The fourth-order valence-electron chi connectivity index (χ4n) is 3.28. The summed E-state index contributed by atoms with van der Waals surface area (Å²) < 4.78 is 5.69. The molecule has 5 nitrogen and oxygen atoms in total. The van der Waals surface area contributed by atoms with E-state index in [9.17, 15) is 9.59 Å². The number of ether oxygens (including phenoxy) is 1. The Morgan fingerprint density at radius 1 is 1.27 bits per heavy atom. The smallest absolute Gasteiger partial charge is 0.254 e. The van der Waals surface area contributed by atoms with Crippen molar-refractivity contribution in [2.24, 2.45) is 0 Å². The number of hydrogen-bond acceptors (Lipinski definition) is 3. The number of rotatable bonds is 2. The van der Waals surface area contributed by atoms with Crippen molar-refractivity contribution in [3.63, 3.8) is 0 Å². The fourth-order valence-corrected chi connectivity index (χ4v) is 3.28. The Labute approximate surface area is 130 Å². The van der Waals surface area contributed by atoms with Crippen LogP contribution in [0.15, 0.2) is 24.3 Å². The lowest BCUT2D eigenvalue weighted by molar-refractivity contribution is -0.162. The molecule has 0 unspecified atom stereocenters. The second-order valence-corrected chi connectivity index (χ2v) is 6.37. The zero-order chi connectivity index (χ0) is 15.7. The molecule has 22 heavy (non-hydrogen) atoms. The largest absolute Gasteiger partial charge is 0.362 e. The maximum absolute atomic E-state index is 12.6. The quantitative estimate of drug-likeness (QED) is 0.883. The predicted octanol–water partition coefficient (Wildman–Crippen LogP) is 0.907. The van der Waals surface area contributed by atoms with Gasteiger partial charge in [0.25, 0.3) is 5.91 Å². The number of carbonyl (C=O) groups is 2. The summed E-state index contributed by atoms with van der Waals surface area (Å²) in [5.41, 5.74) is 1.64. The number of nitrogens with one attached hydrogen (secondary N) is 1. The van der Waals surface area contributed by atoms with Gasteiger partial charge in [0.15, 0.2) is 5.60 Å². The first-order valence-corrected chi connectivity index (χ1v) is 7.75. The minimum absolute atomic E-state index is 0.0180. The SMILES string of the molecule is CC(=O)N1CCO[C@](C)(C(=O)NC2Cc3ccccc3C2)C1. The van der Waals surface area contributed by atoms with Crippen molar-refractivity contribution in [2.75, 3.05) is 19.7 Å². The summed E-state index contributed by atoms with van der Waals surface area (Å²) in [4.78, 5) is 25.8. The average Bonchev–Trinajstić information content (AvgIpc) is 2.89. The Morgan fingerprint density at radius 2 is 1.91 bits per heavy atom. The van der Waals surface area contributed by atoms with Crippen molar-refractivity contribution < 1.29 is 14.3 Å². The van der Waals surface area contributed by atoms with Crippen molar-refractivity contribution in [3.8, 4) is 0 Å². The van der Waals surface area contributed by atoms with Gasteiger partial charge < -0.3 is 15.0 Å². The Kier molecular flexibility index (Phi) is 3.91. The molecule has 1 fully saturated rings. The maximum Gasteiger partial charge on any atom is 0.254 e. The number of fused-ring (bicyclic) bond motifs is 1. The highest BCUT2D eigenvalue weighted by molar-refractivity contribution is 5.86. The van der Waals surface area contributed by atoms with E-state index in [1.807, 2.05) is 12.1 Å². The highest BCUT2D eigenvalue weighted by Crippen LogP contribution is 2.23. The van der Waals surface area contributed by atoms with Crippen LogP contribution in [0.25, 0.3) is 0 Å². The molecule has 118 valence electrons. The number of amides is 2. The molecule has 0 bridgehead atoms. The summed E-state index contributed by atoms with van der Waals surface area (Å²) in [7, 11) is 0. The third-order valence-corrected chi connectivity index (χ3v) is 4.59. The molecule has 3 rings (SSSR count). The third kappa shape index (κ3) is 2.86. The van der Waals surface area contributed by atoms with Gasteiger partial charge in [-0.1, -0.05) is 24.3 Å². The van der Waals surface area contributed by atoms with E-state index in [0.717, 1.165) is 12.8 Å². The van der Waals surface area contributed by atoms with E-state index in [1.165, 1.54) is 18.1 Å². The molecule has 1 aliphatic heterocycles. The summed E-state index contributed by atoms with van der Waals surface area (Å²) in [5.74, 6) is -0.146. The molecule has 1 atom stereocenters. The number of benzene rings is 1. The van der Waals surface area contributed by atoms with Crippen LogP contribution >= 0.6 is 0 Å². The van der Waals surface area contributed by atoms with Gasteiger partial charge in [-0.15, -0.1) is 0 Å². The zero-order valence-electron chi connectivity index (χ0n) is 13.1. The van der Waals surface area contributed by atoms with Crippen LogP contribution in [-0.2, 0) is 27.2 Å². The number of hydrogen-bond donors (Lipinski definition) is 1.